The van der Waals surface area contributed by atoms with Gasteiger partial charge in [-0.3, -0.25) is 0 Å². The number of amidine groups is 1. The van der Waals surface area contributed by atoms with E-state index in [1.807, 2.05) is 22.6 Å². The molecule has 9 heavy (non-hydrogen) atoms. The minimum Gasteiger partial charge on any atom is -0.383 e. The third-order valence-corrected chi connectivity index (χ3v) is 1.58. The summed E-state index contributed by atoms with van der Waals surface area (Å²) in [6.45, 7) is 0. The molecule has 0 bridgehead atoms. The van der Waals surface area contributed by atoms with Gasteiger partial charge in [-0.25, -0.2) is 4.79 Å². The van der Waals surface area contributed by atoms with Gasteiger partial charge in [-0.2, -0.15) is 10.3 Å². The first-order chi connectivity index (χ1) is 4.20. The van der Waals surface area contributed by atoms with E-state index >= 15 is 0 Å². The fraction of sp³-hybridized carbons (Fsp3) is 0. The van der Waals surface area contributed by atoms with Gasteiger partial charge in [0.1, 0.15) is 5.84 Å². The highest BCUT2D eigenvalue weighted by Gasteiger charge is 2.08. The summed E-state index contributed by atoms with van der Waals surface area (Å²) >= 11 is 1.95. The van der Waals surface area contributed by atoms with Crippen LogP contribution in [0.25, 0.3) is 0 Å². The molecule has 0 aliphatic carbocycles. The highest BCUT2D eigenvalue weighted by atomic mass is 127. The Balaban J connectivity index is 2.87. The third-order valence-electron chi connectivity index (χ3n) is 0.749. The second kappa shape index (κ2) is 2.34. The average Bonchev–Trinajstić information content (AvgIpc) is 1.80. The number of carbonyl (C=O) groups is 1. The molecule has 0 aromatic rings. The van der Waals surface area contributed by atoms with Crippen LogP contribution < -0.4 is 11.1 Å². The number of hydrogen-bond donors (Lipinski definition) is 1. The maximum absolute atomic E-state index is 10.3. The van der Waals surface area contributed by atoms with Crippen LogP contribution in [-0.4, -0.2) is 11.9 Å². The van der Waals surface area contributed by atoms with Crippen molar-refractivity contribution >= 4 is 34.5 Å². The van der Waals surface area contributed by atoms with Gasteiger partial charge in [0.25, 0.3) is 0 Å². The van der Waals surface area contributed by atoms with Gasteiger partial charge >= 0.3 is 6.03 Å². The van der Waals surface area contributed by atoms with Crippen molar-refractivity contribution in [2.75, 3.05) is 0 Å². The third kappa shape index (κ3) is 1.41. The molecule has 0 atom stereocenters. The SMILES string of the molecule is NC1=NC(=O)[N]C=C1I. The fourth-order valence-corrected chi connectivity index (χ4v) is 0.623. The second-order valence-corrected chi connectivity index (χ2v) is 2.55. The number of hydrogen-bond acceptors (Lipinski definition) is 2. The van der Waals surface area contributed by atoms with Gasteiger partial charge < -0.3 is 5.73 Å². The first-order valence-corrected chi connectivity index (χ1v) is 3.23. The minimum atomic E-state index is -0.534. The summed E-state index contributed by atoms with van der Waals surface area (Å²) in [5, 5.41) is 3.39. The number of aliphatic imine (C=N–C) groups is 1. The Bertz CT molecular complexity index is 208. The molecule has 2 amide bonds. The van der Waals surface area contributed by atoms with E-state index in [9.17, 15) is 4.79 Å². The molecule has 0 aromatic carbocycles. The van der Waals surface area contributed by atoms with Crippen LogP contribution in [-0.2, 0) is 0 Å². The van der Waals surface area contributed by atoms with E-state index in [0.29, 0.717) is 3.58 Å². The lowest BCUT2D eigenvalue weighted by Crippen LogP contribution is -2.21. The molecule has 1 radical (unpaired) electrons. The number of amides is 2. The van der Waals surface area contributed by atoms with Crippen molar-refractivity contribution < 1.29 is 4.79 Å². The van der Waals surface area contributed by atoms with Gasteiger partial charge in [0, 0.05) is 6.20 Å². The monoisotopic (exact) mass is 236 g/mol. The predicted octanol–water partition coefficient (Wildman–Crippen LogP) is 0.358. The molecular weight excluding hydrogens is 233 g/mol. The fourth-order valence-electron chi connectivity index (χ4n) is 0.363. The number of urea groups is 1. The number of nitrogens with zero attached hydrogens (tertiary/aromatic N) is 2. The summed E-state index contributed by atoms with van der Waals surface area (Å²) in [4.78, 5) is 13.7. The Labute approximate surface area is 65.3 Å². The van der Waals surface area contributed by atoms with E-state index in [4.69, 9.17) is 5.73 Å². The van der Waals surface area contributed by atoms with E-state index in [1.165, 1.54) is 6.20 Å². The smallest absolute Gasteiger partial charge is 0.369 e. The topological polar surface area (TPSA) is 69.5 Å². The van der Waals surface area contributed by atoms with E-state index < -0.39 is 6.03 Å². The lowest BCUT2D eigenvalue weighted by Gasteiger charge is -2.01. The Kier molecular flexibility index (Phi) is 1.70. The highest BCUT2D eigenvalue weighted by Crippen LogP contribution is 2.07. The molecule has 0 spiro atoms. The van der Waals surface area contributed by atoms with E-state index in [1.54, 1.807) is 0 Å². The lowest BCUT2D eigenvalue weighted by molar-refractivity contribution is 0.251. The second-order valence-electron chi connectivity index (χ2n) is 1.39. The highest BCUT2D eigenvalue weighted by molar-refractivity contribution is 14.1. The molecule has 0 fully saturated rings. The minimum absolute atomic E-state index is 0.246. The van der Waals surface area contributed by atoms with E-state index in [0.717, 1.165) is 0 Å². The lowest BCUT2D eigenvalue weighted by atomic mass is 10.5. The summed E-state index contributed by atoms with van der Waals surface area (Å²) < 4.78 is 0.701. The summed E-state index contributed by atoms with van der Waals surface area (Å²) in [6.07, 6.45) is 1.39. The van der Waals surface area contributed by atoms with E-state index in [2.05, 4.69) is 10.3 Å². The van der Waals surface area contributed by atoms with Crippen LogP contribution >= 0.6 is 22.6 Å². The Morgan fingerprint density at radius 1 is 1.67 bits per heavy atom. The van der Waals surface area contributed by atoms with Crippen molar-refractivity contribution in [2.24, 2.45) is 10.7 Å². The van der Waals surface area contributed by atoms with Crippen molar-refractivity contribution in [1.29, 1.82) is 0 Å². The van der Waals surface area contributed by atoms with Crippen molar-refractivity contribution in [1.82, 2.24) is 5.32 Å². The van der Waals surface area contributed by atoms with Crippen LogP contribution in [0, 0.1) is 0 Å². The number of carbonyl (C=O) groups excluding carboxylic acids is 1. The van der Waals surface area contributed by atoms with Crippen LogP contribution in [0.5, 0.6) is 0 Å². The van der Waals surface area contributed by atoms with Crippen molar-refractivity contribution in [3.05, 3.63) is 9.78 Å². The van der Waals surface area contributed by atoms with Gasteiger partial charge in [-0.15, -0.1) is 0 Å². The van der Waals surface area contributed by atoms with Gasteiger partial charge in [0.2, 0.25) is 0 Å². The van der Waals surface area contributed by atoms with Crippen LogP contribution in [0.1, 0.15) is 0 Å². The predicted molar refractivity (Wildman–Crippen MR) is 41.3 cm³/mol. The summed E-state index contributed by atoms with van der Waals surface area (Å²) in [5.74, 6) is 0.246. The van der Waals surface area contributed by atoms with Gasteiger partial charge in [0.15, 0.2) is 0 Å². The molecule has 5 heteroatoms. The number of halogens is 1. The van der Waals surface area contributed by atoms with E-state index in [-0.39, 0.29) is 5.84 Å². The standard InChI is InChI=1S/C4H3IN3O/c5-2-1-7-4(9)8-3(2)6/h1H,(H2,6,8,9). The molecule has 1 aliphatic rings. The van der Waals surface area contributed by atoms with Gasteiger partial charge in [-0.05, 0) is 22.6 Å². The molecule has 0 saturated carbocycles. The van der Waals surface area contributed by atoms with Gasteiger partial charge in [-0.1, -0.05) is 0 Å². The van der Waals surface area contributed by atoms with Crippen LogP contribution in [0.15, 0.2) is 14.8 Å². The summed E-state index contributed by atoms with van der Waals surface area (Å²) in [5.41, 5.74) is 5.26. The average molecular weight is 236 g/mol. The molecular formula is C4H3IN3O. The molecule has 0 unspecified atom stereocenters. The zero-order valence-electron chi connectivity index (χ0n) is 4.34. The summed E-state index contributed by atoms with van der Waals surface area (Å²) in [6, 6.07) is -0.534. The molecule has 0 aromatic heterocycles. The number of rotatable bonds is 0. The number of nitrogens with two attached hydrogens (primary N) is 1. The Morgan fingerprint density at radius 2 is 2.33 bits per heavy atom. The van der Waals surface area contributed by atoms with Crippen LogP contribution in [0.2, 0.25) is 0 Å². The molecule has 1 aliphatic heterocycles. The maximum Gasteiger partial charge on any atom is 0.369 e. The molecule has 0 saturated heterocycles. The molecule has 47 valence electrons. The Hall–Kier alpha value is -0.590. The van der Waals surface area contributed by atoms with Crippen molar-refractivity contribution in [2.45, 2.75) is 0 Å². The Morgan fingerprint density at radius 3 is 2.78 bits per heavy atom. The molecule has 4 nitrogen and oxygen atoms in total. The quantitative estimate of drug-likeness (QED) is 0.616. The zero-order chi connectivity index (χ0) is 6.85. The van der Waals surface area contributed by atoms with Crippen molar-refractivity contribution in [3.63, 3.8) is 0 Å². The maximum atomic E-state index is 10.3. The van der Waals surface area contributed by atoms with Crippen molar-refractivity contribution in [3.8, 4) is 0 Å². The normalized spacial score (nSPS) is 18.1. The first-order valence-electron chi connectivity index (χ1n) is 2.15. The summed E-state index contributed by atoms with van der Waals surface area (Å²) in [7, 11) is 0. The molecule has 1 rings (SSSR count). The first kappa shape index (κ1) is 6.53. The van der Waals surface area contributed by atoms with Gasteiger partial charge in [0.05, 0.1) is 3.58 Å². The molecule has 1 heterocycles. The van der Waals surface area contributed by atoms with Crippen LogP contribution in [0.4, 0.5) is 4.79 Å². The van der Waals surface area contributed by atoms with Crippen LogP contribution in [0.3, 0.4) is 0 Å². The zero-order valence-corrected chi connectivity index (χ0v) is 6.49. The molecule has 2 N–H and O–H groups in total. The largest absolute Gasteiger partial charge is 0.383 e.